The maximum atomic E-state index is 11.6. The Kier molecular flexibility index (Phi) is 4.73. The van der Waals surface area contributed by atoms with Crippen molar-refractivity contribution in [2.24, 2.45) is 5.84 Å². The number of nitrogens with zero attached hydrogens (tertiary/aromatic N) is 1. The van der Waals surface area contributed by atoms with Gasteiger partial charge in [0.05, 0.1) is 12.1 Å². The van der Waals surface area contributed by atoms with Crippen LogP contribution >= 0.6 is 0 Å². The molecule has 1 saturated heterocycles. The second-order valence-corrected chi connectivity index (χ2v) is 5.31. The number of ether oxygens (including phenoxy) is 2. The molecule has 2 atom stereocenters. The van der Waals surface area contributed by atoms with Gasteiger partial charge in [-0.3, -0.25) is 5.84 Å². The monoisotopic (exact) mass is 245 g/mol. The van der Waals surface area contributed by atoms with Gasteiger partial charge in [0.25, 0.3) is 0 Å². The summed E-state index contributed by atoms with van der Waals surface area (Å²) in [6, 6.07) is -0.131. The number of hydrazine groups is 1. The molecule has 0 aromatic heterocycles. The number of hydrogen-bond acceptors (Lipinski definition) is 5. The Hall–Kier alpha value is -0.850. The first-order chi connectivity index (χ1) is 7.81. The summed E-state index contributed by atoms with van der Waals surface area (Å²) < 4.78 is 10.5. The summed E-state index contributed by atoms with van der Waals surface area (Å²) >= 11 is 0. The Balaban J connectivity index is 2.49. The third-order valence-corrected chi connectivity index (χ3v) is 2.59. The first-order valence-electron chi connectivity index (χ1n) is 5.84. The summed E-state index contributed by atoms with van der Waals surface area (Å²) in [7, 11) is 1.64. The van der Waals surface area contributed by atoms with Gasteiger partial charge in [-0.05, 0) is 27.2 Å². The highest BCUT2D eigenvalue weighted by Crippen LogP contribution is 2.13. The number of hydrogen-bond donors (Lipinski definition) is 2. The van der Waals surface area contributed by atoms with E-state index in [1.54, 1.807) is 12.1 Å². The second kappa shape index (κ2) is 5.66. The van der Waals surface area contributed by atoms with E-state index in [2.05, 4.69) is 5.32 Å². The van der Waals surface area contributed by atoms with Crippen molar-refractivity contribution in [3.63, 3.8) is 0 Å². The minimum Gasteiger partial charge on any atom is -0.444 e. The van der Waals surface area contributed by atoms with Crippen LogP contribution in [0, 0.1) is 0 Å². The number of piperidine rings is 1. The number of carbonyl (C=O) groups excluding carboxylic acids is 1. The van der Waals surface area contributed by atoms with E-state index < -0.39 is 11.7 Å². The fraction of sp³-hybridized carbons (Fsp3) is 0.909. The van der Waals surface area contributed by atoms with Crippen LogP contribution in [0.25, 0.3) is 0 Å². The highest BCUT2D eigenvalue weighted by Gasteiger charge is 2.30. The van der Waals surface area contributed by atoms with Crippen LogP contribution in [0.2, 0.25) is 0 Å². The molecule has 3 N–H and O–H groups in total. The Morgan fingerprint density at radius 3 is 2.65 bits per heavy atom. The predicted molar refractivity (Wildman–Crippen MR) is 64.3 cm³/mol. The van der Waals surface area contributed by atoms with Gasteiger partial charge in [0.15, 0.2) is 0 Å². The molecule has 0 aromatic carbocycles. The van der Waals surface area contributed by atoms with Gasteiger partial charge < -0.3 is 14.8 Å². The number of rotatable bonds is 2. The van der Waals surface area contributed by atoms with Crippen molar-refractivity contribution < 1.29 is 14.3 Å². The van der Waals surface area contributed by atoms with Crippen molar-refractivity contribution in [2.75, 3.05) is 20.2 Å². The average Bonchev–Trinajstić information content (AvgIpc) is 2.14. The summed E-state index contributed by atoms with van der Waals surface area (Å²) in [5, 5.41) is 4.48. The van der Waals surface area contributed by atoms with Crippen LogP contribution in [-0.4, -0.2) is 49.0 Å². The van der Waals surface area contributed by atoms with Crippen molar-refractivity contribution >= 4 is 6.09 Å². The Morgan fingerprint density at radius 2 is 2.12 bits per heavy atom. The SMILES string of the molecule is CO[C@H]1CCN(N)C[C@@H]1NC(=O)OC(C)(C)C. The summed E-state index contributed by atoms with van der Waals surface area (Å²) in [5.41, 5.74) is -0.496. The Bertz CT molecular complexity index is 265. The maximum absolute atomic E-state index is 11.6. The lowest BCUT2D eigenvalue weighted by Gasteiger charge is -2.36. The highest BCUT2D eigenvalue weighted by molar-refractivity contribution is 5.68. The van der Waals surface area contributed by atoms with Crippen LogP contribution in [-0.2, 0) is 9.47 Å². The summed E-state index contributed by atoms with van der Waals surface area (Å²) in [6.45, 7) is 6.83. The predicted octanol–water partition coefficient (Wildman–Crippen LogP) is 0.474. The highest BCUT2D eigenvalue weighted by atomic mass is 16.6. The molecule has 1 amide bonds. The van der Waals surface area contributed by atoms with Crippen molar-refractivity contribution in [3.8, 4) is 0 Å². The van der Waals surface area contributed by atoms with E-state index in [0.717, 1.165) is 13.0 Å². The molecule has 1 fully saturated rings. The Labute approximate surface area is 102 Å². The molecule has 0 saturated carbocycles. The van der Waals surface area contributed by atoms with Gasteiger partial charge >= 0.3 is 6.09 Å². The normalized spacial score (nSPS) is 26.6. The van der Waals surface area contributed by atoms with Crippen LogP contribution < -0.4 is 11.2 Å². The number of alkyl carbamates (subject to hydrolysis) is 1. The third kappa shape index (κ3) is 4.89. The number of carbonyl (C=O) groups is 1. The Morgan fingerprint density at radius 1 is 1.47 bits per heavy atom. The van der Waals surface area contributed by atoms with Crippen molar-refractivity contribution in [1.82, 2.24) is 10.3 Å². The molecule has 17 heavy (non-hydrogen) atoms. The van der Waals surface area contributed by atoms with Gasteiger partial charge in [-0.15, -0.1) is 0 Å². The maximum Gasteiger partial charge on any atom is 0.408 e. The minimum atomic E-state index is -0.496. The molecule has 0 unspecified atom stereocenters. The van der Waals surface area contributed by atoms with E-state index in [1.165, 1.54) is 0 Å². The summed E-state index contributed by atoms with van der Waals surface area (Å²) in [4.78, 5) is 11.6. The van der Waals surface area contributed by atoms with E-state index in [1.807, 2.05) is 20.8 Å². The smallest absolute Gasteiger partial charge is 0.408 e. The molecule has 0 radical (unpaired) electrons. The largest absolute Gasteiger partial charge is 0.444 e. The van der Waals surface area contributed by atoms with Gasteiger partial charge in [0.1, 0.15) is 5.60 Å². The van der Waals surface area contributed by atoms with Gasteiger partial charge in [-0.2, -0.15) is 0 Å². The third-order valence-electron chi connectivity index (χ3n) is 2.59. The molecule has 1 aliphatic rings. The molecule has 0 spiro atoms. The fourth-order valence-corrected chi connectivity index (χ4v) is 1.84. The van der Waals surface area contributed by atoms with Crippen LogP contribution in [0.3, 0.4) is 0 Å². The average molecular weight is 245 g/mol. The standard InChI is InChI=1S/C11H23N3O3/c1-11(2,3)17-10(15)13-8-7-14(12)6-5-9(8)16-4/h8-9H,5-7,12H2,1-4H3,(H,13,15)/t8-,9-/m0/s1. The molecule has 6 heteroatoms. The topological polar surface area (TPSA) is 76.8 Å². The van der Waals surface area contributed by atoms with Gasteiger partial charge in [-0.1, -0.05) is 0 Å². The minimum absolute atomic E-state index is 0.0117. The molecule has 100 valence electrons. The zero-order valence-electron chi connectivity index (χ0n) is 11.0. The zero-order chi connectivity index (χ0) is 13.1. The first kappa shape index (κ1) is 14.2. The van der Waals surface area contributed by atoms with E-state index in [9.17, 15) is 4.79 Å². The summed E-state index contributed by atoms with van der Waals surface area (Å²) in [6.07, 6.45) is 0.357. The molecule has 1 rings (SSSR count). The molecular formula is C11H23N3O3. The van der Waals surface area contributed by atoms with Crippen molar-refractivity contribution in [1.29, 1.82) is 0 Å². The van der Waals surface area contributed by atoms with Gasteiger partial charge in [-0.25, -0.2) is 9.80 Å². The second-order valence-electron chi connectivity index (χ2n) is 5.31. The molecule has 0 aliphatic carbocycles. The van der Waals surface area contributed by atoms with Crippen molar-refractivity contribution in [3.05, 3.63) is 0 Å². The molecule has 0 aromatic rings. The molecule has 0 bridgehead atoms. The lowest BCUT2D eigenvalue weighted by molar-refractivity contribution is 0.00174. The molecular weight excluding hydrogens is 222 g/mol. The quantitative estimate of drug-likeness (QED) is 0.692. The molecule has 1 heterocycles. The number of nitrogens with two attached hydrogens (primary N) is 1. The van der Waals surface area contributed by atoms with Crippen molar-refractivity contribution in [2.45, 2.75) is 44.9 Å². The van der Waals surface area contributed by atoms with Crippen LogP contribution in [0.4, 0.5) is 4.79 Å². The van der Waals surface area contributed by atoms with Crippen LogP contribution in [0.1, 0.15) is 27.2 Å². The van der Waals surface area contributed by atoms with Gasteiger partial charge in [0, 0.05) is 20.2 Å². The molecule has 1 aliphatic heterocycles. The summed E-state index contributed by atoms with van der Waals surface area (Å²) in [5.74, 6) is 5.73. The molecule has 6 nitrogen and oxygen atoms in total. The fourth-order valence-electron chi connectivity index (χ4n) is 1.84. The van der Waals surface area contributed by atoms with E-state index in [0.29, 0.717) is 6.54 Å². The zero-order valence-corrected chi connectivity index (χ0v) is 11.0. The van der Waals surface area contributed by atoms with Gasteiger partial charge in [0.2, 0.25) is 0 Å². The lowest BCUT2D eigenvalue weighted by atomic mass is 10.0. The van der Waals surface area contributed by atoms with E-state index in [-0.39, 0.29) is 12.1 Å². The van der Waals surface area contributed by atoms with E-state index in [4.69, 9.17) is 15.3 Å². The number of nitrogens with one attached hydrogen (secondary N) is 1. The lowest BCUT2D eigenvalue weighted by Crippen LogP contribution is -2.57. The number of methoxy groups -OCH3 is 1. The first-order valence-corrected chi connectivity index (χ1v) is 5.84. The van der Waals surface area contributed by atoms with E-state index >= 15 is 0 Å². The number of amides is 1. The van der Waals surface area contributed by atoms with Crippen LogP contribution in [0.5, 0.6) is 0 Å². The van der Waals surface area contributed by atoms with Crippen LogP contribution in [0.15, 0.2) is 0 Å².